The van der Waals surface area contributed by atoms with Gasteiger partial charge in [0, 0.05) is 0 Å². The number of aromatic hydroxyl groups is 1. The molecule has 1 saturated heterocycles. The molecular formula is C16H23N5O2S2+2. The Morgan fingerprint density at radius 2 is 2.12 bits per heavy atom. The molecule has 0 aliphatic carbocycles. The highest BCUT2D eigenvalue weighted by Gasteiger charge is 2.36. The molecule has 0 spiro atoms. The van der Waals surface area contributed by atoms with E-state index >= 15 is 0 Å². The molecule has 1 aliphatic rings. The van der Waals surface area contributed by atoms with Crippen molar-refractivity contribution in [1.29, 1.82) is 0 Å². The first kappa shape index (κ1) is 16.9. The van der Waals surface area contributed by atoms with E-state index in [2.05, 4.69) is 27.6 Å². The van der Waals surface area contributed by atoms with E-state index in [1.165, 1.54) is 26.0 Å². The first-order valence-corrected chi connectivity index (χ1v) is 10.2. The average molecular weight is 382 g/mol. The highest BCUT2D eigenvalue weighted by atomic mass is 32.1. The summed E-state index contributed by atoms with van der Waals surface area (Å²) in [6, 6.07) is 4.33. The molecule has 0 unspecified atom stereocenters. The molecule has 0 radical (unpaired) electrons. The Labute approximate surface area is 153 Å². The van der Waals surface area contributed by atoms with Crippen molar-refractivity contribution in [2.24, 2.45) is 0 Å². The van der Waals surface area contributed by atoms with Gasteiger partial charge in [0.25, 0.3) is 0 Å². The van der Waals surface area contributed by atoms with Gasteiger partial charge in [-0.1, -0.05) is 17.4 Å². The summed E-state index contributed by atoms with van der Waals surface area (Å²) in [5.74, 6) is 0.894. The molecule has 4 heterocycles. The largest absolute Gasteiger partial charge is 0.492 e. The van der Waals surface area contributed by atoms with Crippen LogP contribution >= 0.6 is 22.7 Å². The number of thiophene rings is 1. The molecule has 4 rings (SSSR count). The van der Waals surface area contributed by atoms with E-state index in [1.54, 1.807) is 15.9 Å². The highest BCUT2D eigenvalue weighted by molar-refractivity contribution is 7.17. The fraction of sp³-hybridized carbons (Fsp3) is 0.500. The van der Waals surface area contributed by atoms with Gasteiger partial charge in [-0.05, 0) is 18.4 Å². The van der Waals surface area contributed by atoms with Gasteiger partial charge in [0.2, 0.25) is 10.8 Å². The first-order valence-electron chi connectivity index (χ1n) is 8.55. The van der Waals surface area contributed by atoms with Crippen LogP contribution in [-0.2, 0) is 0 Å². The van der Waals surface area contributed by atoms with Crippen molar-refractivity contribution in [3.63, 3.8) is 0 Å². The summed E-state index contributed by atoms with van der Waals surface area (Å²) in [5, 5.41) is 26.3. The van der Waals surface area contributed by atoms with E-state index in [0.29, 0.717) is 5.82 Å². The van der Waals surface area contributed by atoms with Crippen molar-refractivity contribution in [3.8, 4) is 5.88 Å². The molecule has 0 aromatic carbocycles. The van der Waals surface area contributed by atoms with Gasteiger partial charge in [-0.25, -0.2) is 4.98 Å². The Balaban J connectivity index is 1.67. The lowest BCUT2D eigenvalue weighted by atomic mass is 10.1. The fourth-order valence-corrected chi connectivity index (χ4v) is 5.77. The molecule has 1 atom stereocenters. The quantitative estimate of drug-likeness (QED) is 0.445. The maximum absolute atomic E-state index is 10.8. The smallest absolute Gasteiger partial charge is 0.235 e. The number of rotatable bonds is 5. The van der Waals surface area contributed by atoms with Crippen molar-refractivity contribution in [2.75, 3.05) is 39.3 Å². The molecular weight excluding hydrogens is 358 g/mol. The van der Waals surface area contributed by atoms with Crippen LogP contribution in [0.1, 0.15) is 21.6 Å². The molecule has 25 heavy (non-hydrogen) atoms. The minimum Gasteiger partial charge on any atom is -0.492 e. The van der Waals surface area contributed by atoms with Crippen molar-refractivity contribution < 1.29 is 20.0 Å². The maximum atomic E-state index is 10.8. The number of hydrogen-bond donors (Lipinski definition) is 4. The molecule has 0 saturated carbocycles. The SMILES string of the molecule is Cc1nc2sc([C@@H](c3cccs3)[NH+]3CC[NH+](CCO)CC3)c(O)n2n1. The Morgan fingerprint density at radius 3 is 2.76 bits per heavy atom. The standard InChI is InChI=1S/C16H21N5O2S2/c1-11-17-16-21(18-11)15(23)14(25-16)13(12-3-2-10-24-12)20-6-4-19(5-7-20)8-9-22/h2-3,10,13,22-23H,4-9H2,1H3/p+2/t13-/m1/s1. The Morgan fingerprint density at radius 1 is 1.32 bits per heavy atom. The number of hydrogen-bond acceptors (Lipinski definition) is 6. The Bertz CT molecular complexity index is 836. The van der Waals surface area contributed by atoms with E-state index in [9.17, 15) is 5.11 Å². The van der Waals surface area contributed by atoms with Gasteiger partial charge < -0.3 is 20.0 Å². The van der Waals surface area contributed by atoms with E-state index in [-0.39, 0.29) is 18.5 Å². The van der Waals surface area contributed by atoms with Crippen LogP contribution in [0.25, 0.3) is 4.96 Å². The summed E-state index contributed by atoms with van der Waals surface area (Å²) in [7, 11) is 0. The van der Waals surface area contributed by atoms with E-state index in [4.69, 9.17) is 5.11 Å². The maximum Gasteiger partial charge on any atom is 0.235 e. The number of fused-ring (bicyclic) bond motifs is 1. The fourth-order valence-electron chi connectivity index (χ4n) is 3.63. The molecule has 134 valence electrons. The van der Waals surface area contributed by atoms with Gasteiger partial charge >= 0.3 is 0 Å². The van der Waals surface area contributed by atoms with Crippen LogP contribution in [0.3, 0.4) is 0 Å². The number of aliphatic hydroxyl groups is 1. The van der Waals surface area contributed by atoms with Crippen molar-refractivity contribution >= 4 is 27.6 Å². The highest BCUT2D eigenvalue weighted by Crippen LogP contribution is 2.36. The summed E-state index contributed by atoms with van der Waals surface area (Å²) >= 11 is 3.27. The number of nitrogens with one attached hydrogen (secondary N) is 2. The predicted molar refractivity (Wildman–Crippen MR) is 96.8 cm³/mol. The lowest BCUT2D eigenvalue weighted by Crippen LogP contribution is -3.28. The second-order valence-corrected chi connectivity index (χ2v) is 8.46. The van der Waals surface area contributed by atoms with Crippen LogP contribution in [-0.4, -0.2) is 64.1 Å². The molecule has 7 nitrogen and oxygen atoms in total. The zero-order valence-electron chi connectivity index (χ0n) is 14.1. The average Bonchev–Trinajstić information content (AvgIpc) is 3.30. The molecule has 3 aromatic heterocycles. The van der Waals surface area contributed by atoms with Gasteiger partial charge in [0.05, 0.1) is 11.5 Å². The zero-order chi connectivity index (χ0) is 17.4. The minimum atomic E-state index is 0.115. The van der Waals surface area contributed by atoms with E-state index < -0.39 is 0 Å². The van der Waals surface area contributed by atoms with Crippen LogP contribution in [0.5, 0.6) is 5.88 Å². The molecule has 1 fully saturated rings. The Hall–Kier alpha value is -1.52. The molecule has 4 N–H and O–H groups in total. The number of thiazole rings is 1. The molecule has 1 aliphatic heterocycles. The van der Waals surface area contributed by atoms with E-state index in [1.807, 2.05) is 6.92 Å². The topological polar surface area (TPSA) is 79.5 Å². The van der Waals surface area contributed by atoms with Gasteiger partial charge in [-0.2, -0.15) is 4.52 Å². The summed E-state index contributed by atoms with van der Waals surface area (Å²) < 4.78 is 1.56. The van der Waals surface area contributed by atoms with Crippen LogP contribution < -0.4 is 9.80 Å². The van der Waals surface area contributed by atoms with Crippen molar-refractivity contribution in [3.05, 3.63) is 33.1 Å². The number of aromatic nitrogens is 3. The number of piperazine rings is 1. The van der Waals surface area contributed by atoms with Gasteiger partial charge in [-0.3, -0.25) is 0 Å². The second-order valence-electron chi connectivity index (χ2n) is 6.47. The second kappa shape index (κ2) is 7.00. The van der Waals surface area contributed by atoms with Crippen molar-refractivity contribution in [1.82, 2.24) is 14.6 Å². The minimum absolute atomic E-state index is 0.115. The molecule has 0 amide bonds. The Kier molecular flexibility index (Phi) is 4.74. The zero-order valence-corrected chi connectivity index (χ0v) is 15.7. The number of aliphatic hydroxyl groups excluding tert-OH is 1. The van der Waals surface area contributed by atoms with Gasteiger partial charge in [0.1, 0.15) is 43.4 Å². The lowest BCUT2D eigenvalue weighted by molar-refractivity contribution is -1.02. The third-order valence-electron chi connectivity index (χ3n) is 4.87. The van der Waals surface area contributed by atoms with Crippen LogP contribution in [0, 0.1) is 6.92 Å². The summed E-state index contributed by atoms with van der Waals surface area (Å²) in [4.78, 5) is 10.3. The monoisotopic (exact) mass is 381 g/mol. The van der Waals surface area contributed by atoms with Crippen LogP contribution in [0.2, 0.25) is 0 Å². The number of nitrogens with zero attached hydrogens (tertiary/aromatic N) is 3. The van der Waals surface area contributed by atoms with Crippen molar-refractivity contribution in [2.45, 2.75) is 13.0 Å². The first-order chi connectivity index (χ1) is 12.2. The van der Waals surface area contributed by atoms with E-state index in [0.717, 1.165) is 42.6 Å². The predicted octanol–water partition coefficient (Wildman–Crippen LogP) is -1.27. The van der Waals surface area contributed by atoms with Gasteiger partial charge in [0.15, 0.2) is 6.04 Å². The number of quaternary nitrogens is 2. The molecule has 0 bridgehead atoms. The lowest BCUT2D eigenvalue weighted by Gasteiger charge is -2.33. The number of aryl methyl sites for hydroxylation is 1. The normalized spacial score (nSPS) is 22.5. The van der Waals surface area contributed by atoms with Crippen LogP contribution in [0.15, 0.2) is 17.5 Å². The summed E-state index contributed by atoms with van der Waals surface area (Å²) in [6.45, 7) is 7.01. The molecule has 9 heteroatoms. The molecule has 3 aromatic rings. The third-order valence-corrected chi connectivity index (χ3v) is 6.89. The van der Waals surface area contributed by atoms with Gasteiger partial charge in [-0.15, -0.1) is 16.4 Å². The third kappa shape index (κ3) is 3.18. The summed E-state index contributed by atoms with van der Waals surface area (Å²) in [6.07, 6.45) is 0. The summed E-state index contributed by atoms with van der Waals surface area (Å²) in [5.41, 5.74) is 0. The van der Waals surface area contributed by atoms with Crippen LogP contribution in [0.4, 0.5) is 0 Å².